The number of aromatic nitrogens is 2. The molecule has 38 heavy (non-hydrogen) atoms. The van der Waals surface area contributed by atoms with Crippen LogP contribution < -0.4 is 4.74 Å². The number of methoxy groups -OCH3 is 1. The van der Waals surface area contributed by atoms with E-state index in [-0.39, 0.29) is 19.1 Å². The van der Waals surface area contributed by atoms with E-state index in [2.05, 4.69) is 9.97 Å². The Kier molecular flexibility index (Phi) is 7.11. The molecule has 0 spiro atoms. The van der Waals surface area contributed by atoms with Crippen LogP contribution in [0.1, 0.15) is 39.7 Å². The van der Waals surface area contributed by atoms with Crippen molar-refractivity contribution in [2.45, 2.75) is 24.8 Å². The fraction of sp³-hybridized carbons (Fsp3) is 0.207. The number of aliphatic hydroxyl groups is 1. The van der Waals surface area contributed by atoms with Gasteiger partial charge in [0.15, 0.2) is 5.72 Å². The predicted octanol–water partition coefficient (Wildman–Crippen LogP) is 5.57. The number of fused-ring (bicyclic) bond motifs is 1. The van der Waals surface area contributed by atoms with Crippen molar-refractivity contribution in [1.29, 1.82) is 0 Å². The summed E-state index contributed by atoms with van der Waals surface area (Å²) in [4.78, 5) is 24.0. The number of carbonyl (C=O) groups is 1. The van der Waals surface area contributed by atoms with E-state index in [4.69, 9.17) is 32.7 Å². The molecule has 2 atom stereocenters. The monoisotopic (exact) mass is 549 g/mol. The van der Waals surface area contributed by atoms with Gasteiger partial charge in [0.05, 0.1) is 23.5 Å². The zero-order valence-corrected chi connectivity index (χ0v) is 22.3. The van der Waals surface area contributed by atoms with Crippen LogP contribution in [0.5, 0.6) is 5.75 Å². The van der Waals surface area contributed by atoms with Crippen molar-refractivity contribution < 1.29 is 19.4 Å². The Labute approximate surface area is 230 Å². The number of amides is 1. The predicted molar refractivity (Wildman–Crippen MR) is 144 cm³/mol. The quantitative estimate of drug-likeness (QED) is 0.309. The Hall–Kier alpha value is -3.49. The highest BCUT2D eigenvalue weighted by molar-refractivity contribution is 6.30. The number of pyridine rings is 2. The van der Waals surface area contributed by atoms with E-state index < -0.39 is 11.3 Å². The number of halogens is 2. The molecule has 0 fully saturated rings. The minimum Gasteiger partial charge on any atom is -0.489 e. The minimum absolute atomic E-state index is 0.0311. The first-order valence-corrected chi connectivity index (χ1v) is 12.6. The highest BCUT2D eigenvalue weighted by atomic mass is 35.5. The van der Waals surface area contributed by atoms with Gasteiger partial charge in [0.25, 0.3) is 5.91 Å². The third-order valence-corrected chi connectivity index (χ3v) is 7.13. The third-order valence-electron chi connectivity index (χ3n) is 6.66. The number of rotatable bonds is 8. The lowest BCUT2D eigenvalue weighted by Gasteiger charge is -2.38. The molecule has 1 aliphatic rings. The lowest BCUT2D eigenvalue weighted by molar-refractivity contribution is -0.0868. The maximum atomic E-state index is 14.0. The summed E-state index contributed by atoms with van der Waals surface area (Å²) < 4.78 is 11.9. The molecule has 2 aromatic heterocycles. The maximum absolute atomic E-state index is 14.0. The van der Waals surface area contributed by atoms with Crippen molar-refractivity contribution >= 4 is 29.1 Å². The fourth-order valence-corrected chi connectivity index (χ4v) is 4.93. The van der Waals surface area contributed by atoms with Gasteiger partial charge in [-0.15, -0.1) is 0 Å². The Morgan fingerprint density at radius 2 is 1.79 bits per heavy atom. The number of carbonyl (C=O) groups excluding carboxylic acids is 1. The zero-order valence-electron chi connectivity index (χ0n) is 20.8. The van der Waals surface area contributed by atoms with Crippen LogP contribution in [0.25, 0.3) is 0 Å². The van der Waals surface area contributed by atoms with Crippen LogP contribution in [0, 0.1) is 0 Å². The summed E-state index contributed by atoms with van der Waals surface area (Å²) in [6.45, 7) is 1.77. The summed E-state index contributed by atoms with van der Waals surface area (Å²) in [5.41, 5.74) is 0.333. The molecule has 0 saturated heterocycles. The van der Waals surface area contributed by atoms with E-state index in [0.717, 1.165) is 5.56 Å². The zero-order chi connectivity index (χ0) is 26.9. The third kappa shape index (κ3) is 4.74. The van der Waals surface area contributed by atoms with Crippen molar-refractivity contribution in [2.24, 2.45) is 0 Å². The van der Waals surface area contributed by atoms with Gasteiger partial charge in [-0.25, -0.2) is 0 Å². The molecule has 0 bridgehead atoms. The highest BCUT2D eigenvalue weighted by Gasteiger charge is 2.52. The number of hydrogen-bond acceptors (Lipinski definition) is 6. The number of hydrogen-bond donors (Lipinski definition) is 1. The SMILES string of the molecule is CO[C@]1(c2ccc(Cl)cc2)c2ccc(C(C)(O)COc3cccnc3)cc2C(=O)N1Cc1ccc(Cl)cn1. The molecule has 0 saturated carbocycles. The largest absolute Gasteiger partial charge is 0.489 e. The van der Waals surface area contributed by atoms with Crippen LogP contribution in [0.2, 0.25) is 10.0 Å². The van der Waals surface area contributed by atoms with Crippen LogP contribution in [0.3, 0.4) is 0 Å². The van der Waals surface area contributed by atoms with E-state index in [0.29, 0.717) is 38.2 Å². The topological polar surface area (TPSA) is 84.8 Å². The van der Waals surface area contributed by atoms with Crippen LogP contribution >= 0.6 is 23.2 Å². The fourth-order valence-electron chi connectivity index (χ4n) is 4.70. The van der Waals surface area contributed by atoms with E-state index >= 15 is 0 Å². The average Bonchev–Trinajstić information content (AvgIpc) is 3.17. The van der Waals surface area contributed by atoms with Crippen molar-refractivity contribution in [3.05, 3.63) is 123 Å². The second-order valence-corrected chi connectivity index (χ2v) is 10.1. The standard InChI is InChI=1S/C29H25Cl2N3O4/c1-28(36,18-38-24-4-3-13-32-16-24)20-7-12-26-25(14-20)27(35)34(17-23-11-10-22(31)15-33-23)29(26,37-2)19-5-8-21(30)9-6-19/h3-16,36H,17-18H2,1-2H3/t28?,29-/m1/s1. The molecule has 1 unspecified atom stereocenters. The van der Waals surface area contributed by atoms with Crippen molar-refractivity contribution in [2.75, 3.05) is 13.7 Å². The average molecular weight is 550 g/mol. The van der Waals surface area contributed by atoms with Gasteiger partial charge in [0.2, 0.25) is 0 Å². The van der Waals surface area contributed by atoms with Crippen molar-refractivity contribution in [3.63, 3.8) is 0 Å². The Morgan fingerprint density at radius 1 is 1.03 bits per heavy atom. The summed E-state index contributed by atoms with van der Waals surface area (Å²) in [5, 5.41) is 12.4. The van der Waals surface area contributed by atoms with Crippen LogP contribution in [0.15, 0.2) is 85.3 Å². The smallest absolute Gasteiger partial charge is 0.257 e. The van der Waals surface area contributed by atoms with E-state index in [1.165, 1.54) is 0 Å². The van der Waals surface area contributed by atoms with Crippen molar-refractivity contribution in [3.8, 4) is 5.75 Å². The number of benzene rings is 2. The summed E-state index contributed by atoms with van der Waals surface area (Å²) in [6, 6.07) is 19.5. The molecule has 1 N–H and O–H groups in total. The van der Waals surface area contributed by atoms with Crippen LogP contribution in [0.4, 0.5) is 0 Å². The summed E-state index contributed by atoms with van der Waals surface area (Å²) in [6.07, 6.45) is 4.76. The molecule has 5 rings (SSSR count). The van der Waals surface area contributed by atoms with E-state index in [1.807, 2.05) is 18.2 Å². The molecule has 4 aromatic rings. The lowest BCUT2D eigenvalue weighted by atomic mass is 9.89. The summed E-state index contributed by atoms with van der Waals surface area (Å²) in [5.74, 6) is 0.271. The van der Waals surface area contributed by atoms with Crippen molar-refractivity contribution in [1.82, 2.24) is 14.9 Å². The Bertz CT molecular complexity index is 1450. The summed E-state index contributed by atoms with van der Waals surface area (Å²) >= 11 is 12.2. The molecular formula is C29H25Cl2N3O4. The molecule has 1 aliphatic heterocycles. The second-order valence-electron chi connectivity index (χ2n) is 9.23. The maximum Gasteiger partial charge on any atom is 0.257 e. The van der Waals surface area contributed by atoms with E-state index in [9.17, 15) is 9.90 Å². The number of ether oxygens (including phenoxy) is 2. The Balaban J connectivity index is 1.56. The lowest BCUT2D eigenvalue weighted by Crippen LogP contribution is -2.45. The first kappa shape index (κ1) is 26.1. The molecule has 0 radical (unpaired) electrons. The second kappa shape index (κ2) is 10.3. The van der Waals surface area contributed by atoms with Gasteiger partial charge in [-0.1, -0.05) is 47.5 Å². The first-order valence-electron chi connectivity index (χ1n) is 11.9. The van der Waals surface area contributed by atoms with Gasteiger partial charge in [-0.3, -0.25) is 19.7 Å². The van der Waals surface area contributed by atoms with Crippen LogP contribution in [-0.2, 0) is 22.6 Å². The van der Waals surface area contributed by atoms with Gasteiger partial charge in [0, 0.05) is 41.2 Å². The van der Waals surface area contributed by atoms with Crippen LogP contribution in [-0.4, -0.2) is 39.6 Å². The minimum atomic E-state index is -1.38. The molecule has 1 amide bonds. The Morgan fingerprint density at radius 3 is 2.45 bits per heavy atom. The first-order chi connectivity index (χ1) is 18.2. The molecule has 3 heterocycles. The molecular weight excluding hydrogens is 525 g/mol. The highest BCUT2D eigenvalue weighted by Crippen LogP contribution is 2.46. The van der Waals surface area contributed by atoms with Gasteiger partial charge in [0.1, 0.15) is 18.0 Å². The van der Waals surface area contributed by atoms with E-state index in [1.54, 1.807) is 86.1 Å². The number of nitrogens with zero attached hydrogens (tertiary/aromatic N) is 3. The molecule has 7 nitrogen and oxygen atoms in total. The van der Waals surface area contributed by atoms with Gasteiger partial charge < -0.3 is 14.6 Å². The van der Waals surface area contributed by atoms with Gasteiger partial charge >= 0.3 is 0 Å². The molecule has 2 aromatic carbocycles. The normalized spacial score (nSPS) is 18.2. The summed E-state index contributed by atoms with van der Waals surface area (Å²) in [7, 11) is 1.56. The molecule has 9 heteroatoms. The van der Waals surface area contributed by atoms with Gasteiger partial charge in [-0.05, 0) is 55.0 Å². The molecule has 0 aliphatic carbocycles. The van der Waals surface area contributed by atoms with Gasteiger partial charge in [-0.2, -0.15) is 0 Å². The molecule has 194 valence electrons.